The molecule has 0 radical (unpaired) electrons. The van der Waals surface area contributed by atoms with Crippen molar-refractivity contribution in [2.75, 3.05) is 26.7 Å². The molecule has 190 valence electrons. The fraction of sp³-hybridized carbons (Fsp3) is 0.600. The van der Waals surface area contributed by atoms with E-state index in [0.29, 0.717) is 37.2 Å². The molecule has 2 aliphatic heterocycles. The Labute approximate surface area is 205 Å². The number of ether oxygens (including phenoxy) is 1. The van der Waals surface area contributed by atoms with Gasteiger partial charge in [0.2, 0.25) is 5.91 Å². The number of carbonyl (C=O) groups is 4. The number of methoxy groups -OCH3 is 1. The molecule has 1 unspecified atom stereocenters. The molecule has 0 spiro atoms. The van der Waals surface area contributed by atoms with Crippen molar-refractivity contribution in [3.8, 4) is 5.75 Å². The first-order valence-corrected chi connectivity index (χ1v) is 12.4. The van der Waals surface area contributed by atoms with Crippen LogP contribution in [-0.2, 0) is 15.1 Å². The highest BCUT2D eigenvalue weighted by Gasteiger charge is 2.49. The number of urea groups is 2. The molecular formula is C25H35N5O5. The molecule has 0 aromatic heterocycles. The van der Waals surface area contributed by atoms with Crippen LogP contribution in [0.2, 0.25) is 0 Å². The highest BCUT2D eigenvalue weighted by atomic mass is 16.5. The molecule has 3 N–H and O–H groups in total. The molecule has 1 aromatic rings. The second kappa shape index (κ2) is 10.5. The smallest absolute Gasteiger partial charge is 0.325 e. The third kappa shape index (κ3) is 5.52. The Hall–Kier alpha value is -3.30. The van der Waals surface area contributed by atoms with E-state index in [1.807, 2.05) is 0 Å². The van der Waals surface area contributed by atoms with Gasteiger partial charge < -0.3 is 25.6 Å². The molecule has 1 saturated carbocycles. The van der Waals surface area contributed by atoms with Gasteiger partial charge in [-0.15, -0.1) is 0 Å². The van der Waals surface area contributed by atoms with Gasteiger partial charge in [-0.05, 0) is 50.3 Å². The second-order valence-corrected chi connectivity index (χ2v) is 9.79. The fourth-order valence-corrected chi connectivity index (χ4v) is 5.12. The van der Waals surface area contributed by atoms with Crippen molar-refractivity contribution in [1.29, 1.82) is 0 Å². The number of nitrogens with zero attached hydrogens (tertiary/aromatic N) is 2. The SMILES string of the molecule is COc1ccc(C2(C)NC(=O)N(CC(=O)NC3CCN(C(=O)NC4CCCCC4)CC3)C2=O)cc1. The highest BCUT2D eigenvalue weighted by Crippen LogP contribution is 2.30. The second-order valence-electron chi connectivity index (χ2n) is 9.79. The van der Waals surface area contributed by atoms with Crippen molar-refractivity contribution in [3.63, 3.8) is 0 Å². The van der Waals surface area contributed by atoms with Crippen LogP contribution in [0.3, 0.4) is 0 Å². The molecule has 10 nitrogen and oxygen atoms in total. The number of hydrogen-bond acceptors (Lipinski definition) is 5. The maximum absolute atomic E-state index is 13.1. The van der Waals surface area contributed by atoms with Crippen LogP contribution in [0.15, 0.2) is 24.3 Å². The van der Waals surface area contributed by atoms with Crippen LogP contribution in [-0.4, -0.2) is 72.5 Å². The molecule has 1 atom stereocenters. The zero-order valence-electron chi connectivity index (χ0n) is 20.5. The lowest BCUT2D eigenvalue weighted by atomic mass is 9.92. The molecule has 4 rings (SSSR count). The van der Waals surface area contributed by atoms with Gasteiger partial charge in [-0.3, -0.25) is 14.5 Å². The lowest BCUT2D eigenvalue weighted by molar-refractivity contribution is -0.135. The van der Waals surface area contributed by atoms with Crippen LogP contribution >= 0.6 is 0 Å². The molecule has 3 fully saturated rings. The van der Waals surface area contributed by atoms with Gasteiger partial charge in [-0.1, -0.05) is 31.4 Å². The number of imide groups is 1. The van der Waals surface area contributed by atoms with Crippen molar-refractivity contribution in [2.24, 2.45) is 0 Å². The number of hydrogen-bond donors (Lipinski definition) is 3. The standard InChI is InChI=1S/C25H35N5O5/c1-25(17-8-10-20(35-2)11-9-17)22(32)30(24(34)28-25)16-21(31)26-19-12-14-29(15-13-19)23(33)27-18-6-4-3-5-7-18/h8-11,18-19H,3-7,12-16H2,1-2H3,(H,26,31)(H,27,33)(H,28,34). The van der Waals surface area contributed by atoms with Crippen LogP contribution in [0, 0.1) is 0 Å². The number of benzene rings is 1. The largest absolute Gasteiger partial charge is 0.497 e. The fourth-order valence-electron chi connectivity index (χ4n) is 5.12. The lowest BCUT2D eigenvalue weighted by Gasteiger charge is -2.34. The highest BCUT2D eigenvalue weighted by molar-refractivity contribution is 6.09. The number of rotatable bonds is 6. The van der Waals surface area contributed by atoms with Gasteiger partial charge in [0.1, 0.15) is 17.8 Å². The minimum atomic E-state index is -1.25. The molecule has 2 heterocycles. The minimum Gasteiger partial charge on any atom is -0.497 e. The van der Waals surface area contributed by atoms with Crippen LogP contribution < -0.4 is 20.7 Å². The van der Waals surface area contributed by atoms with E-state index in [4.69, 9.17) is 4.74 Å². The maximum Gasteiger partial charge on any atom is 0.325 e. The van der Waals surface area contributed by atoms with Crippen LogP contribution in [0.25, 0.3) is 0 Å². The summed E-state index contributed by atoms with van der Waals surface area (Å²) in [7, 11) is 1.55. The number of amides is 6. The minimum absolute atomic E-state index is 0.0289. The number of likely N-dealkylation sites (tertiary alicyclic amines) is 1. The molecule has 2 saturated heterocycles. The van der Waals surface area contributed by atoms with Crippen molar-refractivity contribution >= 4 is 23.9 Å². The molecule has 10 heteroatoms. The third-order valence-corrected chi connectivity index (χ3v) is 7.32. The Kier molecular flexibility index (Phi) is 7.47. The van der Waals surface area contributed by atoms with E-state index in [1.165, 1.54) is 6.42 Å². The van der Waals surface area contributed by atoms with Gasteiger partial charge >= 0.3 is 12.1 Å². The van der Waals surface area contributed by atoms with E-state index in [1.54, 1.807) is 43.2 Å². The average molecular weight is 486 g/mol. The monoisotopic (exact) mass is 485 g/mol. The summed E-state index contributed by atoms with van der Waals surface area (Å²) in [5.74, 6) is -0.225. The normalized spacial score (nSPS) is 23.7. The van der Waals surface area contributed by atoms with E-state index in [0.717, 1.165) is 30.6 Å². The lowest BCUT2D eigenvalue weighted by Crippen LogP contribution is -2.52. The summed E-state index contributed by atoms with van der Waals surface area (Å²) in [4.78, 5) is 53.6. The van der Waals surface area contributed by atoms with Crippen molar-refractivity contribution in [1.82, 2.24) is 25.8 Å². The average Bonchev–Trinajstić information content (AvgIpc) is 3.08. The predicted molar refractivity (Wildman–Crippen MR) is 129 cm³/mol. The number of carbonyl (C=O) groups excluding carboxylic acids is 4. The van der Waals surface area contributed by atoms with E-state index >= 15 is 0 Å². The van der Waals surface area contributed by atoms with Crippen LogP contribution in [0.1, 0.15) is 57.4 Å². The molecule has 6 amide bonds. The van der Waals surface area contributed by atoms with Crippen LogP contribution in [0.4, 0.5) is 9.59 Å². The molecule has 1 aromatic carbocycles. The summed E-state index contributed by atoms with van der Waals surface area (Å²) in [6, 6.07) is 6.42. The molecule has 35 heavy (non-hydrogen) atoms. The first-order chi connectivity index (χ1) is 16.8. The van der Waals surface area contributed by atoms with Gasteiger partial charge in [0, 0.05) is 25.2 Å². The van der Waals surface area contributed by atoms with E-state index in [-0.39, 0.29) is 24.7 Å². The first kappa shape index (κ1) is 24.8. The van der Waals surface area contributed by atoms with Gasteiger partial charge in [-0.25, -0.2) is 9.59 Å². The first-order valence-electron chi connectivity index (χ1n) is 12.4. The summed E-state index contributed by atoms with van der Waals surface area (Å²) in [5, 5.41) is 8.77. The number of nitrogens with one attached hydrogen (secondary N) is 3. The summed E-state index contributed by atoms with van der Waals surface area (Å²) < 4.78 is 5.15. The van der Waals surface area contributed by atoms with Crippen molar-refractivity contribution in [3.05, 3.63) is 29.8 Å². The Bertz CT molecular complexity index is 953. The van der Waals surface area contributed by atoms with Gasteiger partial charge in [0.05, 0.1) is 7.11 Å². The van der Waals surface area contributed by atoms with E-state index in [2.05, 4.69) is 16.0 Å². The summed E-state index contributed by atoms with van der Waals surface area (Å²) >= 11 is 0. The van der Waals surface area contributed by atoms with Crippen molar-refractivity contribution < 1.29 is 23.9 Å². The summed E-state index contributed by atoms with van der Waals surface area (Å²) in [5.41, 5.74) is -0.640. The number of piperidine rings is 1. The van der Waals surface area contributed by atoms with Crippen molar-refractivity contribution in [2.45, 2.75) is 69.5 Å². The summed E-state index contributed by atoms with van der Waals surface area (Å²) in [6.07, 6.45) is 6.91. The zero-order chi connectivity index (χ0) is 25.0. The quantitative estimate of drug-likeness (QED) is 0.533. The predicted octanol–water partition coefficient (Wildman–Crippen LogP) is 2.09. The van der Waals surface area contributed by atoms with Crippen LogP contribution in [0.5, 0.6) is 5.75 Å². The Morgan fingerprint density at radius 2 is 1.63 bits per heavy atom. The zero-order valence-corrected chi connectivity index (χ0v) is 20.5. The van der Waals surface area contributed by atoms with E-state index < -0.39 is 23.4 Å². The van der Waals surface area contributed by atoms with Gasteiger partial charge in [0.25, 0.3) is 5.91 Å². The van der Waals surface area contributed by atoms with E-state index in [9.17, 15) is 19.2 Å². The molecule has 1 aliphatic carbocycles. The molecular weight excluding hydrogens is 450 g/mol. The molecule has 0 bridgehead atoms. The Morgan fingerprint density at radius 3 is 2.26 bits per heavy atom. The molecule has 3 aliphatic rings. The van der Waals surface area contributed by atoms with Gasteiger partial charge in [0.15, 0.2) is 0 Å². The Morgan fingerprint density at radius 1 is 1.00 bits per heavy atom. The Balaban J connectivity index is 1.26. The maximum atomic E-state index is 13.1. The summed E-state index contributed by atoms with van der Waals surface area (Å²) in [6.45, 7) is 2.39. The van der Waals surface area contributed by atoms with Gasteiger partial charge in [-0.2, -0.15) is 0 Å². The topological polar surface area (TPSA) is 120 Å². The third-order valence-electron chi connectivity index (χ3n) is 7.32.